The van der Waals surface area contributed by atoms with Crippen molar-refractivity contribution in [2.75, 3.05) is 5.32 Å². The van der Waals surface area contributed by atoms with Crippen molar-refractivity contribution in [1.29, 1.82) is 0 Å². The Morgan fingerprint density at radius 2 is 1.77 bits per heavy atom. The normalized spacial score (nSPS) is 11.8. The molecule has 1 amide bonds. The minimum Gasteiger partial charge on any atom is -0.448 e. The number of halogens is 1. The van der Waals surface area contributed by atoms with Gasteiger partial charge in [-0.1, -0.05) is 64.5 Å². The van der Waals surface area contributed by atoms with Gasteiger partial charge in [-0.3, -0.25) is 9.89 Å². The van der Waals surface area contributed by atoms with Gasteiger partial charge in [0.25, 0.3) is 5.91 Å². The first kappa shape index (κ1) is 19.8. The van der Waals surface area contributed by atoms with Crippen molar-refractivity contribution in [3.05, 3.63) is 83.0 Å². The molecule has 7 heteroatoms. The highest BCUT2D eigenvalue weighted by Crippen LogP contribution is 2.28. The molecule has 0 fully saturated rings. The SMILES string of the molecule is CC(OC(=O)c1n[nH]c2ccc(Br)cc12)C(=O)Nc1ccccc1-c1ccccc1. The van der Waals surface area contributed by atoms with Crippen LogP contribution >= 0.6 is 15.9 Å². The molecule has 30 heavy (non-hydrogen) atoms. The minimum absolute atomic E-state index is 0.135. The number of carbonyl (C=O) groups excluding carboxylic acids is 2. The van der Waals surface area contributed by atoms with Crippen molar-refractivity contribution in [2.24, 2.45) is 0 Å². The van der Waals surface area contributed by atoms with Crippen LogP contribution in [0.25, 0.3) is 22.0 Å². The number of aromatic amines is 1. The summed E-state index contributed by atoms with van der Waals surface area (Å²) in [5, 5.41) is 10.3. The number of para-hydroxylation sites is 1. The van der Waals surface area contributed by atoms with Crippen molar-refractivity contribution in [3.63, 3.8) is 0 Å². The Bertz CT molecular complexity index is 1220. The predicted octanol–water partition coefficient (Wildman–Crippen LogP) is 5.18. The highest BCUT2D eigenvalue weighted by atomic mass is 79.9. The van der Waals surface area contributed by atoms with Gasteiger partial charge in [0.1, 0.15) is 0 Å². The second-order valence-corrected chi connectivity index (χ2v) is 7.63. The fourth-order valence-corrected chi connectivity index (χ4v) is 3.47. The number of hydrogen-bond acceptors (Lipinski definition) is 4. The number of H-pyrrole nitrogens is 1. The van der Waals surface area contributed by atoms with Crippen LogP contribution in [-0.4, -0.2) is 28.2 Å². The number of nitrogens with zero attached hydrogens (tertiary/aromatic N) is 1. The average Bonchev–Trinajstić information content (AvgIpc) is 3.18. The second-order valence-electron chi connectivity index (χ2n) is 6.71. The molecule has 0 aliphatic heterocycles. The van der Waals surface area contributed by atoms with Gasteiger partial charge in [-0.05, 0) is 36.8 Å². The molecule has 2 N–H and O–H groups in total. The monoisotopic (exact) mass is 463 g/mol. The van der Waals surface area contributed by atoms with Crippen LogP contribution in [0, 0.1) is 0 Å². The Balaban J connectivity index is 1.50. The summed E-state index contributed by atoms with van der Waals surface area (Å²) < 4.78 is 6.19. The fraction of sp³-hybridized carbons (Fsp3) is 0.0870. The highest BCUT2D eigenvalue weighted by molar-refractivity contribution is 9.10. The molecule has 4 rings (SSSR count). The van der Waals surface area contributed by atoms with Gasteiger partial charge >= 0.3 is 5.97 Å². The van der Waals surface area contributed by atoms with Crippen molar-refractivity contribution < 1.29 is 14.3 Å². The fourth-order valence-electron chi connectivity index (χ4n) is 3.11. The van der Waals surface area contributed by atoms with Crippen LogP contribution in [0.2, 0.25) is 0 Å². The van der Waals surface area contributed by atoms with E-state index >= 15 is 0 Å². The van der Waals surface area contributed by atoms with E-state index in [1.807, 2.05) is 60.7 Å². The van der Waals surface area contributed by atoms with E-state index in [9.17, 15) is 9.59 Å². The van der Waals surface area contributed by atoms with Crippen LogP contribution in [0.15, 0.2) is 77.3 Å². The summed E-state index contributed by atoms with van der Waals surface area (Å²) in [7, 11) is 0. The van der Waals surface area contributed by atoms with Gasteiger partial charge in [0.15, 0.2) is 11.8 Å². The molecule has 0 radical (unpaired) electrons. The minimum atomic E-state index is -1.000. The number of ether oxygens (including phenoxy) is 1. The van der Waals surface area contributed by atoms with Gasteiger partial charge in [-0.25, -0.2) is 4.79 Å². The third kappa shape index (κ3) is 4.11. The number of rotatable bonds is 5. The zero-order valence-electron chi connectivity index (χ0n) is 16.1. The Labute approximate surface area is 181 Å². The summed E-state index contributed by atoms with van der Waals surface area (Å²) >= 11 is 3.38. The highest BCUT2D eigenvalue weighted by Gasteiger charge is 2.23. The number of esters is 1. The van der Waals surface area contributed by atoms with E-state index in [0.29, 0.717) is 16.6 Å². The lowest BCUT2D eigenvalue weighted by molar-refractivity contribution is -0.123. The first-order chi connectivity index (χ1) is 14.5. The van der Waals surface area contributed by atoms with Crippen LogP contribution in [-0.2, 0) is 9.53 Å². The van der Waals surface area contributed by atoms with Gasteiger partial charge < -0.3 is 10.1 Å². The molecule has 0 spiro atoms. The van der Waals surface area contributed by atoms with Crippen LogP contribution in [0.4, 0.5) is 5.69 Å². The smallest absolute Gasteiger partial charge is 0.360 e. The summed E-state index contributed by atoms with van der Waals surface area (Å²) in [5.74, 6) is -1.09. The molecule has 0 saturated heterocycles. The van der Waals surface area contributed by atoms with Crippen LogP contribution in [0.3, 0.4) is 0 Å². The van der Waals surface area contributed by atoms with Crippen molar-refractivity contribution in [2.45, 2.75) is 13.0 Å². The van der Waals surface area contributed by atoms with Gasteiger partial charge in [-0.15, -0.1) is 0 Å². The molecule has 1 atom stereocenters. The summed E-state index contributed by atoms with van der Waals surface area (Å²) in [5.41, 5.74) is 3.35. The zero-order chi connectivity index (χ0) is 21.1. The van der Waals surface area contributed by atoms with E-state index in [4.69, 9.17) is 4.74 Å². The first-order valence-electron chi connectivity index (χ1n) is 9.33. The van der Waals surface area contributed by atoms with E-state index < -0.39 is 18.0 Å². The molecule has 6 nitrogen and oxygen atoms in total. The number of carbonyl (C=O) groups is 2. The number of amides is 1. The van der Waals surface area contributed by atoms with E-state index in [-0.39, 0.29) is 5.69 Å². The molecular weight excluding hydrogens is 446 g/mol. The standard InChI is InChI=1S/C23H18BrN3O3/c1-14(30-23(29)21-18-13-16(24)11-12-20(18)26-27-21)22(28)25-19-10-6-5-9-17(19)15-7-3-2-4-8-15/h2-14H,1H3,(H,25,28)(H,26,27). The number of nitrogens with one attached hydrogen (secondary N) is 2. The van der Waals surface area contributed by atoms with Gasteiger partial charge in [0.2, 0.25) is 0 Å². The van der Waals surface area contributed by atoms with Crippen LogP contribution in [0.5, 0.6) is 0 Å². The Hall–Kier alpha value is -3.45. The summed E-state index contributed by atoms with van der Waals surface area (Å²) in [6.07, 6.45) is -1.000. The van der Waals surface area contributed by atoms with Crippen molar-refractivity contribution in [1.82, 2.24) is 10.2 Å². The maximum atomic E-state index is 12.7. The molecule has 1 aromatic heterocycles. The third-order valence-corrected chi connectivity index (χ3v) is 5.13. The molecular formula is C23H18BrN3O3. The summed E-state index contributed by atoms with van der Waals surface area (Å²) in [6.45, 7) is 1.53. The Kier molecular flexibility index (Phi) is 5.63. The Morgan fingerprint density at radius 1 is 1.03 bits per heavy atom. The van der Waals surface area contributed by atoms with E-state index in [0.717, 1.165) is 15.6 Å². The molecule has 0 bridgehead atoms. The van der Waals surface area contributed by atoms with Crippen molar-refractivity contribution in [3.8, 4) is 11.1 Å². The molecule has 3 aromatic carbocycles. The van der Waals surface area contributed by atoms with E-state index in [1.54, 1.807) is 12.1 Å². The quantitative estimate of drug-likeness (QED) is 0.399. The predicted molar refractivity (Wildman–Crippen MR) is 119 cm³/mol. The molecule has 0 aliphatic carbocycles. The largest absolute Gasteiger partial charge is 0.448 e. The van der Waals surface area contributed by atoms with Crippen LogP contribution in [0.1, 0.15) is 17.4 Å². The van der Waals surface area contributed by atoms with Gasteiger partial charge in [0, 0.05) is 21.1 Å². The van der Waals surface area contributed by atoms with Gasteiger partial charge in [-0.2, -0.15) is 5.10 Å². The molecule has 150 valence electrons. The number of aromatic nitrogens is 2. The van der Waals surface area contributed by atoms with E-state index in [1.165, 1.54) is 6.92 Å². The lowest BCUT2D eigenvalue weighted by atomic mass is 10.0. The Morgan fingerprint density at radius 3 is 2.57 bits per heavy atom. The second kappa shape index (κ2) is 8.51. The van der Waals surface area contributed by atoms with Gasteiger partial charge in [0.05, 0.1) is 5.52 Å². The first-order valence-corrected chi connectivity index (χ1v) is 10.1. The summed E-state index contributed by atoms with van der Waals surface area (Å²) in [4.78, 5) is 25.3. The van der Waals surface area contributed by atoms with E-state index in [2.05, 4.69) is 31.4 Å². The number of fused-ring (bicyclic) bond motifs is 1. The molecule has 1 unspecified atom stereocenters. The number of benzene rings is 3. The number of anilines is 1. The zero-order valence-corrected chi connectivity index (χ0v) is 17.6. The molecule has 0 aliphatic rings. The average molecular weight is 464 g/mol. The van der Waals surface area contributed by atoms with Crippen LogP contribution < -0.4 is 5.32 Å². The lowest BCUT2D eigenvalue weighted by Crippen LogP contribution is -2.30. The topological polar surface area (TPSA) is 84.1 Å². The number of hydrogen-bond donors (Lipinski definition) is 2. The molecule has 0 saturated carbocycles. The summed E-state index contributed by atoms with van der Waals surface area (Å²) in [6, 6.07) is 22.6. The maximum Gasteiger partial charge on any atom is 0.360 e. The third-order valence-electron chi connectivity index (χ3n) is 4.64. The maximum absolute atomic E-state index is 12.7. The lowest BCUT2D eigenvalue weighted by Gasteiger charge is -2.15. The molecule has 1 heterocycles. The van der Waals surface area contributed by atoms with Crippen molar-refractivity contribution >= 4 is 44.4 Å². The molecule has 4 aromatic rings.